The first-order valence-corrected chi connectivity index (χ1v) is 8.28. The maximum atomic E-state index is 14.0. The van der Waals surface area contributed by atoms with Gasteiger partial charge in [-0.25, -0.2) is 4.39 Å². The molecule has 1 N–H and O–H groups in total. The Balaban J connectivity index is 2.00. The third-order valence-corrected chi connectivity index (χ3v) is 4.64. The lowest BCUT2D eigenvalue weighted by Crippen LogP contribution is -2.35. The average molecular weight is 292 g/mol. The molecule has 0 heterocycles. The number of benzene rings is 1. The minimum Gasteiger partial charge on any atom is -0.313 e. The lowest BCUT2D eigenvalue weighted by molar-refractivity contribution is 0.156. The van der Waals surface area contributed by atoms with E-state index in [0.29, 0.717) is 12.6 Å². The molecule has 118 valence electrons. The first kappa shape index (κ1) is 16.4. The number of rotatable bonds is 6. The zero-order valence-electron chi connectivity index (χ0n) is 13.7. The predicted octanol–water partition coefficient (Wildman–Crippen LogP) is 3.95. The van der Waals surface area contributed by atoms with Crippen LogP contribution in [0.2, 0.25) is 0 Å². The van der Waals surface area contributed by atoms with E-state index in [-0.39, 0.29) is 5.82 Å². The lowest BCUT2D eigenvalue weighted by atomic mass is 9.86. The fourth-order valence-corrected chi connectivity index (χ4v) is 3.33. The molecule has 0 spiro atoms. The third kappa shape index (κ3) is 4.79. The number of hydrogen-bond acceptors (Lipinski definition) is 2. The molecule has 0 aromatic heterocycles. The monoisotopic (exact) mass is 292 g/mol. The van der Waals surface area contributed by atoms with Crippen LogP contribution >= 0.6 is 0 Å². The Kier molecular flexibility index (Phi) is 6.19. The summed E-state index contributed by atoms with van der Waals surface area (Å²) in [4.78, 5) is 2.34. The Morgan fingerprint density at radius 1 is 1.33 bits per heavy atom. The molecule has 1 aliphatic carbocycles. The van der Waals surface area contributed by atoms with E-state index in [0.717, 1.165) is 24.6 Å². The normalized spacial score (nSPS) is 22.7. The van der Waals surface area contributed by atoms with Gasteiger partial charge in [0.2, 0.25) is 0 Å². The SMILES string of the molecule is CCNCc1ccc(F)c(CN(C)C2CCCC(C)C2)c1. The fourth-order valence-electron chi connectivity index (χ4n) is 3.33. The predicted molar refractivity (Wildman–Crippen MR) is 86.7 cm³/mol. The van der Waals surface area contributed by atoms with Crippen molar-refractivity contribution in [2.75, 3.05) is 13.6 Å². The molecule has 0 saturated heterocycles. The molecular weight excluding hydrogens is 263 g/mol. The highest BCUT2D eigenvalue weighted by atomic mass is 19.1. The van der Waals surface area contributed by atoms with Crippen molar-refractivity contribution in [3.63, 3.8) is 0 Å². The Hall–Kier alpha value is -0.930. The van der Waals surface area contributed by atoms with Crippen LogP contribution in [0.5, 0.6) is 0 Å². The molecule has 1 aliphatic rings. The maximum Gasteiger partial charge on any atom is 0.127 e. The van der Waals surface area contributed by atoms with Gasteiger partial charge in [0.15, 0.2) is 0 Å². The number of nitrogens with zero attached hydrogens (tertiary/aromatic N) is 1. The molecule has 3 heteroatoms. The first-order chi connectivity index (χ1) is 10.1. The van der Waals surface area contributed by atoms with E-state index < -0.39 is 0 Å². The second kappa shape index (κ2) is 7.90. The van der Waals surface area contributed by atoms with Gasteiger partial charge in [0.05, 0.1) is 0 Å². The van der Waals surface area contributed by atoms with Crippen LogP contribution in [0, 0.1) is 11.7 Å². The largest absolute Gasteiger partial charge is 0.313 e. The van der Waals surface area contributed by atoms with Crippen LogP contribution in [0.1, 0.15) is 50.7 Å². The van der Waals surface area contributed by atoms with Gasteiger partial charge in [-0.3, -0.25) is 4.90 Å². The van der Waals surface area contributed by atoms with E-state index >= 15 is 0 Å². The topological polar surface area (TPSA) is 15.3 Å². The molecule has 0 bridgehead atoms. The molecule has 1 fully saturated rings. The van der Waals surface area contributed by atoms with Crippen molar-refractivity contribution in [3.8, 4) is 0 Å². The van der Waals surface area contributed by atoms with Crippen molar-refractivity contribution in [2.45, 2.75) is 58.7 Å². The standard InChI is InChI=1S/C18H29FN2/c1-4-20-12-15-8-9-18(19)16(11-15)13-21(3)17-7-5-6-14(2)10-17/h8-9,11,14,17,20H,4-7,10,12-13H2,1-3H3. The quantitative estimate of drug-likeness (QED) is 0.854. The van der Waals surface area contributed by atoms with Crippen molar-refractivity contribution in [1.29, 1.82) is 0 Å². The minimum atomic E-state index is -0.0778. The highest BCUT2D eigenvalue weighted by molar-refractivity contribution is 5.25. The van der Waals surface area contributed by atoms with Gasteiger partial charge in [-0.1, -0.05) is 38.8 Å². The molecule has 1 aromatic rings. The Morgan fingerprint density at radius 2 is 2.14 bits per heavy atom. The van der Waals surface area contributed by atoms with E-state index in [1.807, 2.05) is 12.1 Å². The van der Waals surface area contributed by atoms with E-state index in [1.54, 1.807) is 6.07 Å². The molecule has 0 aliphatic heterocycles. The number of nitrogens with one attached hydrogen (secondary N) is 1. The van der Waals surface area contributed by atoms with E-state index in [4.69, 9.17) is 0 Å². The maximum absolute atomic E-state index is 14.0. The van der Waals surface area contributed by atoms with Gasteiger partial charge in [-0.05, 0) is 44.0 Å². The van der Waals surface area contributed by atoms with Crippen LogP contribution in [-0.4, -0.2) is 24.5 Å². The van der Waals surface area contributed by atoms with Crippen molar-refractivity contribution < 1.29 is 4.39 Å². The Morgan fingerprint density at radius 3 is 2.86 bits per heavy atom. The molecule has 1 saturated carbocycles. The highest BCUT2D eigenvalue weighted by Crippen LogP contribution is 2.27. The van der Waals surface area contributed by atoms with Crippen molar-refractivity contribution >= 4 is 0 Å². The molecule has 2 rings (SSSR count). The van der Waals surface area contributed by atoms with Gasteiger partial charge in [0.25, 0.3) is 0 Å². The van der Waals surface area contributed by atoms with Crippen molar-refractivity contribution in [2.24, 2.45) is 5.92 Å². The summed E-state index contributed by atoms with van der Waals surface area (Å²) in [5, 5.41) is 3.30. The summed E-state index contributed by atoms with van der Waals surface area (Å²) in [6, 6.07) is 6.11. The van der Waals surface area contributed by atoms with Gasteiger partial charge < -0.3 is 5.32 Å². The van der Waals surface area contributed by atoms with Gasteiger partial charge in [-0.2, -0.15) is 0 Å². The van der Waals surface area contributed by atoms with Gasteiger partial charge in [0.1, 0.15) is 5.82 Å². The average Bonchev–Trinajstić information content (AvgIpc) is 2.48. The summed E-state index contributed by atoms with van der Waals surface area (Å²) in [5.41, 5.74) is 1.99. The van der Waals surface area contributed by atoms with E-state index in [2.05, 4.69) is 31.1 Å². The van der Waals surface area contributed by atoms with Crippen LogP contribution in [0.15, 0.2) is 18.2 Å². The van der Waals surface area contributed by atoms with Gasteiger partial charge in [0, 0.05) is 24.7 Å². The molecule has 1 aromatic carbocycles. The van der Waals surface area contributed by atoms with E-state index in [1.165, 1.54) is 31.2 Å². The molecule has 21 heavy (non-hydrogen) atoms. The molecule has 2 unspecified atom stereocenters. The summed E-state index contributed by atoms with van der Waals surface area (Å²) < 4.78 is 14.0. The second-order valence-electron chi connectivity index (χ2n) is 6.55. The van der Waals surface area contributed by atoms with Crippen LogP contribution in [-0.2, 0) is 13.1 Å². The molecule has 0 radical (unpaired) electrons. The number of halogens is 1. The zero-order valence-corrected chi connectivity index (χ0v) is 13.7. The Labute approximate surface area is 128 Å². The summed E-state index contributed by atoms with van der Waals surface area (Å²) in [6.45, 7) is 6.88. The minimum absolute atomic E-state index is 0.0778. The molecule has 2 atom stereocenters. The smallest absolute Gasteiger partial charge is 0.127 e. The third-order valence-electron chi connectivity index (χ3n) is 4.64. The summed E-state index contributed by atoms with van der Waals surface area (Å²) in [5.74, 6) is 0.724. The molecule has 0 amide bonds. The van der Waals surface area contributed by atoms with Gasteiger partial charge in [-0.15, -0.1) is 0 Å². The lowest BCUT2D eigenvalue weighted by Gasteiger charge is -2.34. The summed E-state index contributed by atoms with van der Waals surface area (Å²) >= 11 is 0. The van der Waals surface area contributed by atoms with Crippen molar-refractivity contribution in [3.05, 3.63) is 35.1 Å². The highest BCUT2D eigenvalue weighted by Gasteiger charge is 2.22. The van der Waals surface area contributed by atoms with Crippen LogP contribution < -0.4 is 5.32 Å². The molecular formula is C18H29FN2. The van der Waals surface area contributed by atoms with E-state index in [9.17, 15) is 4.39 Å². The van der Waals surface area contributed by atoms with Crippen LogP contribution in [0.3, 0.4) is 0 Å². The number of hydrogen-bond donors (Lipinski definition) is 1. The second-order valence-corrected chi connectivity index (χ2v) is 6.55. The Bertz CT molecular complexity index is 447. The van der Waals surface area contributed by atoms with Crippen LogP contribution in [0.25, 0.3) is 0 Å². The van der Waals surface area contributed by atoms with Crippen LogP contribution in [0.4, 0.5) is 4.39 Å². The summed E-state index contributed by atoms with van der Waals surface area (Å²) in [6.07, 6.45) is 5.14. The fraction of sp³-hybridized carbons (Fsp3) is 0.667. The summed E-state index contributed by atoms with van der Waals surface area (Å²) in [7, 11) is 2.14. The zero-order chi connectivity index (χ0) is 15.2. The van der Waals surface area contributed by atoms with Gasteiger partial charge >= 0.3 is 0 Å². The van der Waals surface area contributed by atoms with Crippen molar-refractivity contribution in [1.82, 2.24) is 10.2 Å². The molecule has 2 nitrogen and oxygen atoms in total. The first-order valence-electron chi connectivity index (χ1n) is 8.28.